The lowest BCUT2D eigenvalue weighted by molar-refractivity contribution is 0.354. The second-order valence-electron chi connectivity index (χ2n) is 3.94. The van der Waals surface area contributed by atoms with Crippen LogP contribution in [0, 0.1) is 5.92 Å². The number of fused-ring (bicyclic) bond motifs is 1. The van der Waals surface area contributed by atoms with Crippen molar-refractivity contribution in [3.05, 3.63) is 11.6 Å². The van der Waals surface area contributed by atoms with Crippen LogP contribution in [0.1, 0.15) is 25.0 Å². The summed E-state index contributed by atoms with van der Waals surface area (Å²) in [5.41, 5.74) is 0. The number of rotatable bonds is 3. The molecule has 0 fully saturated rings. The molecule has 4 nitrogen and oxygen atoms in total. The standard InChI is InChI=1S/C10H18N4/c1-3-9-12-10-6-8(7-11-2)4-5-14(10)13-9/h8,11H,3-7H2,1-2H3. The smallest absolute Gasteiger partial charge is 0.150 e. The Morgan fingerprint density at radius 2 is 2.43 bits per heavy atom. The molecule has 0 radical (unpaired) electrons. The summed E-state index contributed by atoms with van der Waals surface area (Å²) in [7, 11) is 2.01. The van der Waals surface area contributed by atoms with E-state index in [0.29, 0.717) is 0 Å². The number of hydrogen-bond donors (Lipinski definition) is 1. The van der Waals surface area contributed by atoms with E-state index in [9.17, 15) is 0 Å². The molecule has 2 heterocycles. The molecule has 2 rings (SSSR count). The van der Waals surface area contributed by atoms with Crippen LogP contribution in [-0.2, 0) is 19.4 Å². The van der Waals surface area contributed by atoms with E-state index < -0.39 is 0 Å². The van der Waals surface area contributed by atoms with E-state index in [4.69, 9.17) is 0 Å². The Kier molecular flexibility index (Phi) is 2.82. The van der Waals surface area contributed by atoms with E-state index in [1.165, 1.54) is 12.2 Å². The highest BCUT2D eigenvalue weighted by Crippen LogP contribution is 2.18. The fourth-order valence-electron chi connectivity index (χ4n) is 2.03. The first-order valence-corrected chi connectivity index (χ1v) is 5.40. The molecule has 1 aliphatic heterocycles. The van der Waals surface area contributed by atoms with Crippen LogP contribution in [-0.4, -0.2) is 28.4 Å². The molecule has 1 N–H and O–H groups in total. The van der Waals surface area contributed by atoms with Gasteiger partial charge in [0.2, 0.25) is 0 Å². The minimum atomic E-state index is 0.737. The molecule has 1 aromatic rings. The quantitative estimate of drug-likeness (QED) is 0.767. The highest BCUT2D eigenvalue weighted by atomic mass is 15.3. The second kappa shape index (κ2) is 4.09. The molecule has 1 aromatic heterocycles. The first-order chi connectivity index (χ1) is 6.83. The van der Waals surface area contributed by atoms with Crippen molar-refractivity contribution in [3.8, 4) is 0 Å². The maximum atomic E-state index is 4.53. The molecule has 0 aliphatic carbocycles. The van der Waals surface area contributed by atoms with Gasteiger partial charge in [-0.1, -0.05) is 6.92 Å². The largest absolute Gasteiger partial charge is 0.319 e. The van der Waals surface area contributed by atoms with E-state index in [1.54, 1.807) is 0 Å². The highest BCUT2D eigenvalue weighted by molar-refractivity contribution is 4.97. The Hall–Kier alpha value is -0.900. The molecule has 0 amide bonds. The first-order valence-electron chi connectivity index (χ1n) is 5.40. The molecule has 1 unspecified atom stereocenters. The number of hydrogen-bond acceptors (Lipinski definition) is 3. The van der Waals surface area contributed by atoms with Crippen LogP contribution >= 0.6 is 0 Å². The van der Waals surface area contributed by atoms with Crippen molar-refractivity contribution in [1.82, 2.24) is 20.1 Å². The Morgan fingerprint density at radius 1 is 1.57 bits per heavy atom. The van der Waals surface area contributed by atoms with Crippen molar-refractivity contribution >= 4 is 0 Å². The molecule has 1 aliphatic rings. The van der Waals surface area contributed by atoms with Crippen molar-refractivity contribution in [3.63, 3.8) is 0 Å². The van der Waals surface area contributed by atoms with Gasteiger partial charge in [0.1, 0.15) is 5.82 Å². The number of nitrogens with one attached hydrogen (secondary N) is 1. The van der Waals surface area contributed by atoms with Crippen molar-refractivity contribution in [2.24, 2.45) is 5.92 Å². The molecule has 0 aromatic carbocycles. The SMILES string of the molecule is CCc1nc2n(n1)CCC(CNC)C2. The summed E-state index contributed by atoms with van der Waals surface area (Å²) in [6.07, 6.45) is 3.24. The molecular formula is C10H18N4. The minimum Gasteiger partial charge on any atom is -0.319 e. The number of aromatic nitrogens is 3. The maximum Gasteiger partial charge on any atom is 0.150 e. The minimum absolute atomic E-state index is 0.737. The fraction of sp³-hybridized carbons (Fsp3) is 0.800. The average molecular weight is 194 g/mol. The van der Waals surface area contributed by atoms with Gasteiger partial charge in [-0.3, -0.25) is 0 Å². The predicted molar refractivity (Wildman–Crippen MR) is 55.1 cm³/mol. The van der Waals surface area contributed by atoms with Crippen LogP contribution in [0.25, 0.3) is 0 Å². The summed E-state index contributed by atoms with van der Waals surface area (Å²) in [4.78, 5) is 4.53. The predicted octanol–water partition coefficient (Wildman–Crippen LogP) is 0.622. The molecular weight excluding hydrogens is 176 g/mol. The second-order valence-corrected chi connectivity index (χ2v) is 3.94. The third-order valence-corrected chi connectivity index (χ3v) is 2.82. The fourth-order valence-corrected chi connectivity index (χ4v) is 2.03. The maximum absolute atomic E-state index is 4.53. The van der Waals surface area contributed by atoms with Gasteiger partial charge in [0.15, 0.2) is 5.82 Å². The Labute approximate surface area is 84.7 Å². The van der Waals surface area contributed by atoms with Crippen LogP contribution < -0.4 is 5.32 Å². The van der Waals surface area contributed by atoms with Crippen LogP contribution in [0.15, 0.2) is 0 Å². The first kappa shape index (κ1) is 9.65. The van der Waals surface area contributed by atoms with Crippen LogP contribution in [0.4, 0.5) is 0 Å². The summed E-state index contributed by atoms with van der Waals surface area (Å²) in [5.74, 6) is 2.90. The van der Waals surface area contributed by atoms with Gasteiger partial charge in [-0.05, 0) is 25.9 Å². The Balaban J connectivity index is 2.09. The summed E-state index contributed by atoms with van der Waals surface area (Å²) >= 11 is 0. The third-order valence-electron chi connectivity index (χ3n) is 2.82. The van der Waals surface area contributed by atoms with Gasteiger partial charge in [-0.25, -0.2) is 9.67 Å². The average Bonchev–Trinajstić information content (AvgIpc) is 2.60. The molecule has 0 bridgehead atoms. The summed E-state index contributed by atoms with van der Waals surface area (Å²) < 4.78 is 2.07. The zero-order chi connectivity index (χ0) is 9.97. The van der Waals surface area contributed by atoms with Gasteiger partial charge in [0.05, 0.1) is 0 Å². The van der Waals surface area contributed by atoms with Gasteiger partial charge in [-0.2, -0.15) is 5.10 Å². The molecule has 0 saturated heterocycles. The molecule has 0 spiro atoms. The van der Waals surface area contributed by atoms with Gasteiger partial charge in [0, 0.05) is 19.4 Å². The Morgan fingerprint density at radius 3 is 3.14 bits per heavy atom. The normalized spacial score (nSPS) is 20.9. The van der Waals surface area contributed by atoms with Crippen LogP contribution in [0.3, 0.4) is 0 Å². The third kappa shape index (κ3) is 1.80. The lowest BCUT2D eigenvalue weighted by Crippen LogP contribution is -2.27. The van der Waals surface area contributed by atoms with E-state index in [1.807, 2.05) is 7.05 Å². The van der Waals surface area contributed by atoms with E-state index in [2.05, 4.69) is 27.0 Å². The van der Waals surface area contributed by atoms with Crippen molar-refractivity contribution < 1.29 is 0 Å². The summed E-state index contributed by atoms with van der Waals surface area (Å²) in [5, 5.41) is 7.68. The van der Waals surface area contributed by atoms with Gasteiger partial charge >= 0.3 is 0 Å². The van der Waals surface area contributed by atoms with Crippen molar-refractivity contribution in [1.29, 1.82) is 0 Å². The summed E-state index contributed by atoms with van der Waals surface area (Å²) in [6, 6.07) is 0. The van der Waals surface area contributed by atoms with E-state index >= 15 is 0 Å². The van der Waals surface area contributed by atoms with Crippen molar-refractivity contribution in [2.45, 2.75) is 32.7 Å². The van der Waals surface area contributed by atoms with Crippen molar-refractivity contribution in [2.75, 3.05) is 13.6 Å². The lowest BCUT2D eigenvalue weighted by atomic mass is 9.98. The molecule has 78 valence electrons. The monoisotopic (exact) mass is 194 g/mol. The zero-order valence-corrected chi connectivity index (χ0v) is 8.95. The number of nitrogens with zero attached hydrogens (tertiary/aromatic N) is 3. The topological polar surface area (TPSA) is 42.7 Å². The Bertz CT molecular complexity index is 305. The zero-order valence-electron chi connectivity index (χ0n) is 8.95. The lowest BCUT2D eigenvalue weighted by Gasteiger charge is -2.21. The molecule has 14 heavy (non-hydrogen) atoms. The van der Waals surface area contributed by atoms with Gasteiger partial charge in [0.25, 0.3) is 0 Å². The molecule has 4 heteroatoms. The number of aryl methyl sites for hydroxylation is 2. The van der Waals surface area contributed by atoms with E-state index in [-0.39, 0.29) is 0 Å². The molecule has 0 saturated carbocycles. The van der Waals surface area contributed by atoms with Crippen LogP contribution in [0.5, 0.6) is 0 Å². The van der Waals surface area contributed by atoms with Gasteiger partial charge in [-0.15, -0.1) is 0 Å². The van der Waals surface area contributed by atoms with Crippen LogP contribution in [0.2, 0.25) is 0 Å². The van der Waals surface area contributed by atoms with Gasteiger partial charge < -0.3 is 5.32 Å². The van der Waals surface area contributed by atoms with E-state index in [0.717, 1.165) is 37.7 Å². The molecule has 1 atom stereocenters. The summed E-state index contributed by atoms with van der Waals surface area (Å²) in [6.45, 7) is 4.23. The highest BCUT2D eigenvalue weighted by Gasteiger charge is 2.20.